The molecule has 0 spiro atoms. The highest BCUT2D eigenvalue weighted by molar-refractivity contribution is 5.88. The number of carbonyl (C=O) groups excluding carboxylic acids is 1. The molecule has 1 rings (SSSR count). The molecule has 5 nitrogen and oxygen atoms in total. The lowest BCUT2D eigenvalue weighted by Crippen LogP contribution is -2.35. The third-order valence-corrected chi connectivity index (χ3v) is 1.80. The summed E-state index contributed by atoms with van der Waals surface area (Å²) in [6.07, 6.45) is 6.25. The Labute approximate surface area is 94.5 Å². The van der Waals surface area contributed by atoms with Crippen molar-refractivity contribution in [3.05, 3.63) is 43.9 Å². The molecular weight excluding hydrogens is 204 g/mol. The van der Waals surface area contributed by atoms with E-state index in [2.05, 4.69) is 28.4 Å². The molecule has 0 unspecified atom stereocenters. The third-order valence-electron chi connectivity index (χ3n) is 1.80. The monoisotopic (exact) mass is 218 g/mol. The molecule has 0 aliphatic carbocycles. The second kappa shape index (κ2) is 6.34. The summed E-state index contributed by atoms with van der Waals surface area (Å²) in [6, 6.07) is 1.39. The minimum absolute atomic E-state index is 0.237. The average molecular weight is 218 g/mol. The zero-order valence-corrected chi connectivity index (χ0v) is 8.97. The fraction of sp³-hybridized carbons (Fsp3) is 0.182. The van der Waals surface area contributed by atoms with Crippen LogP contribution in [0.2, 0.25) is 0 Å². The maximum Gasteiger partial charge on any atom is 0.323 e. The van der Waals surface area contributed by atoms with Gasteiger partial charge in [0.25, 0.3) is 0 Å². The minimum Gasteiger partial charge on any atom is -0.317 e. The van der Waals surface area contributed by atoms with Crippen molar-refractivity contribution in [3.63, 3.8) is 0 Å². The molecule has 0 fully saturated rings. The first-order valence-corrected chi connectivity index (χ1v) is 4.81. The summed E-state index contributed by atoms with van der Waals surface area (Å²) in [5.41, 5.74) is 0. The van der Waals surface area contributed by atoms with Crippen molar-refractivity contribution in [2.45, 2.75) is 0 Å². The molecule has 84 valence electrons. The summed E-state index contributed by atoms with van der Waals surface area (Å²) in [4.78, 5) is 21.0. The molecule has 0 aromatic carbocycles. The van der Waals surface area contributed by atoms with Crippen molar-refractivity contribution in [1.82, 2.24) is 14.9 Å². The van der Waals surface area contributed by atoms with Gasteiger partial charge in [0.2, 0.25) is 0 Å². The smallest absolute Gasteiger partial charge is 0.317 e. The standard InChI is InChI=1S/C11H14N4O/c1-3-7-15(8-4-2)11(16)14-10-5-6-12-9-13-10/h3-6,9H,1-2,7-8H2,(H,12,13,14,16). The van der Waals surface area contributed by atoms with Crippen molar-refractivity contribution >= 4 is 11.8 Å². The van der Waals surface area contributed by atoms with Crippen molar-refractivity contribution in [1.29, 1.82) is 0 Å². The van der Waals surface area contributed by atoms with Crippen molar-refractivity contribution in [2.75, 3.05) is 18.4 Å². The molecule has 2 amide bonds. The lowest BCUT2D eigenvalue weighted by Gasteiger charge is -2.19. The van der Waals surface area contributed by atoms with E-state index in [9.17, 15) is 4.79 Å². The van der Waals surface area contributed by atoms with Gasteiger partial charge in [0.05, 0.1) is 0 Å². The van der Waals surface area contributed by atoms with E-state index in [1.165, 1.54) is 6.33 Å². The van der Waals surface area contributed by atoms with Crippen LogP contribution in [0.4, 0.5) is 10.6 Å². The first-order chi connectivity index (χ1) is 7.77. The van der Waals surface area contributed by atoms with Crippen LogP contribution >= 0.6 is 0 Å². The predicted molar refractivity (Wildman–Crippen MR) is 63.0 cm³/mol. The number of nitrogens with zero attached hydrogens (tertiary/aromatic N) is 3. The van der Waals surface area contributed by atoms with Gasteiger partial charge in [0.1, 0.15) is 12.1 Å². The first-order valence-electron chi connectivity index (χ1n) is 4.81. The molecule has 0 aliphatic heterocycles. The van der Waals surface area contributed by atoms with Gasteiger partial charge in [0, 0.05) is 19.3 Å². The van der Waals surface area contributed by atoms with Gasteiger partial charge in [-0.1, -0.05) is 12.2 Å². The van der Waals surface area contributed by atoms with E-state index in [1.54, 1.807) is 29.3 Å². The molecule has 0 bridgehead atoms. The zero-order chi connectivity index (χ0) is 11.8. The summed E-state index contributed by atoms with van der Waals surface area (Å²) in [5, 5.41) is 2.65. The lowest BCUT2D eigenvalue weighted by atomic mass is 10.4. The Bertz CT molecular complexity index is 354. The predicted octanol–water partition coefficient (Wildman–Crippen LogP) is 1.68. The molecule has 5 heteroatoms. The summed E-state index contributed by atoms with van der Waals surface area (Å²) < 4.78 is 0. The quantitative estimate of drug-likeness (QED) is 0.765. The molecular formula is C11H14N4O. The Morgan fingerprint density at radius 3 is 2.62 bits per heavy atom. The van der Waals surface area contributed by atoms with Gasteiger partial charge in [0.15, 0.2) is 0 Å². The number of rotatable bonds is 5. The number of carbonyl (C=O) groups is 1. The van der Waals surface area contributed by atoms with Gasteiger partial charge in [-0.25, -0.2) is 14.8 Å². The number of nitrogens with one attached hydrogen (secondary N) is 1. The second-order valence-corrected chi connectivity index (χ2v) is 3.01. The second-order valence-electron chi connectivity index (χ2n) is 3.01. The van der Waals surface area contributed by atoms with E-state index in [-0.39, 0.29) is 6.03 Å². The zero-order valence-electron chi connectivity index (χ0n) is 8.97. The fourth-order valence-electron chi connectivity index (χ4n) is 1.11. The molecule has 1 aromatic rings. The number of hydrogen-bond donors (Lipinski definition) is 1. The Balaban J connectivity index is 2.61. The van der Waals surface area contributed by atoms with Crippen LogP contribution in [0.25, 0.3) is 0 Å². The van der Waals surface area contributed by atoms with Crippen LogP contribution in [0, 0.1) is 0 Å². The summed E-state index contributed by atoms with van der Waals surface area (Å²) >= 11 is 0. The van der Waals surface area contributed by atoms with E-state index in [0.29, 0.717) is 18.9 Å². The highest BCUT2D eigenvalue weighted by Gasteiger charge is 2.10. The van der Waals surface area contributed by atoms with Crippen molar-refractivity contribution < 1.29 is 4.79 Å². The van der Waals surface area contributed by atoms with E-state index >= 15 is 0 Å². The number of urea groups is 1. The Morgan fingerprint density at radius 1 is 1.44 bits per heavy atom. The SMILES string of the molecule is C=CCN(CC=C)C(=O)Nc1ccncn1. The van der Waals surface area contributed by atoms with Gasteiger partial charge in [-0.05, 0) is 6.07 Å². The van der Waals surface area contributed by atoms with Crippen LogP contribution in [0.15, 0.2) is 43.9 Å². The molecule has 1 N–H and O–H groups in total. The Hall–Kier alpha value is -2.17. The van der Waals surface area contributed by atoms with Gasteiger partial charge in [-0.3, -0.25) is 5.32 Å². The summed E-state index contributed by atoms with van der Waals surface area (Å²) in [5.74, 6) is 0.470. The maximum atomic E-state index is 11.8. The fourth-order valence-corrected chi connectivity index (χ4v) is 1.11. The van der Waals surface area contributed by atoms with Crippen LogP contribution in [0.3, 0.4) is 0 Å². The first kappa shape index (κ1) is 11.9. The number of anilines is 1. The maximum absolute atomic E-state index is 11.8. The molecule has 0 saturated heterocycles. The van der Waals surface area contributed by atoms with Crippen LogP contribution in [-0.2, 0) is 0 Å². The van der Waals surface area contributed by atoms with Gasteiger partial charge < -0.3 is 4.90 Å². The van der Waals surface area contributed by atoms with Crippen LogP contribution in [-0.4, -0.2) is 34.0 Å². The van der Waals surface area contributed by atoms with Gasteiger partial charge >= 0.3 is 6.03 Å². The molecule has 0 radical (unpaired) electrons. The van der Waals surface area contributed by atoms with E-state index in [1.807, 2.05) is 0 Å². The van der Waals surface area contributed by atoms with E-state index in [0.717, 1.165) is 0 Å². The average Bonchev–Trinajstić information content (AvgIpc) is 2.30. The third kappa shape index (κ3) is 3.53. The topological polar surface area (TPSA) is 58.1 Å². The normalized spacial score (nSPS) is 9.25. The van der Waals surface area contributed by atoms with Crippen LogP contribution < -0.4 is 5.32 Å². The van der Waals surface area contributed by atoms with Crippen LogP contribution in [0.5, 0.6) is 0 Å². The molecule has 0 atom stereocenters. The number of aromatic nitrogens is 2. The highest BCUT2D eigenvalue weighted by Crippen LogP contribution is 2.01. The lowest BCUT2D eigenvalue weighted by molar-refractivity contribution is 0.222. The summed E-state index contributed by atoms with van der Waals surface area (Å²) in [7, 11) is 0. The molecule has 0 saturated carbocycles. The molecule has 1 aromatic heterocycles. The number of hydrogen-bond acceptors (Lipinski definition) is 3. The van der Waals surface area contributed by atoms with E-state index < -0.39 is 0 Å². The largest absolute Gasteiger partial charge is 0.323 e. The van der Waals surface area contributed by atoms with Gasteiger partial charge in [-0.15, -0.1) is 13.2 Å². The Morgan fingerprint density at radius 2 is 2.12 bits per heavy atom. The molecule has 0 aliphatic rings. The van der Waals surface area contributed by atoms with Crippen LogP contribution in [0.1, 0.15) is 0 Å². The number of amides is 2. The van der Waals surface area contributed by atoms with Crippen molar-refractivity contribution in [2.24, 2.45) is 0 Å². The van der Waals surface area contributed by atoms with Crippen molar-refractivity contribution in [3.8, 4) is 0 Å². The Kier molecular flexibility index (Phi) is 4.72. The molecule has 1 heterocycles. The van der Waals surface area contributed by atoms with Gasteiger partial charge in [-0.2, -0.15) is 0 Å². The molecule has 16 heavy (non-hydrogen) atoms. The highest BCUT2D eigenvalue weighted by atomic mass is 16.2. The minimum atomic E-state index is -0.237. The van der Waals surface area contributed by atoms with E-state index in [4.69, 9.17) is 0 Å². The summed E-state index contributed by atoms with van der Waals surface area (Å²) in [6.45, 7) is 8.10.